The first-order valence-electron chi connectivity index (χ1n) is 5.87. The third kappa shape index (κ3) is 3.61. The van der Waals surface area contributed by atoms with Gasteiger partial charge in [-0.25, -0.2) is 4.79 Å². The lowest BCUT2D eigenvalue weighted by Gasteiger charge is -2.15. The molecule has 1 aliphatic rings. The van der Waals surface area contributed by atoms with Crippen molar-refractivity contribution in [3.63, 3.8) is 0 Å². The van der Waals surface area contributed by atoms with Gasteiger partial charge < -0.3 is 14.6 Å². The monoisotopic (exact) mass is 323 g/mol. The third-order valence-corrected chi connectivity index (χ3v) is 2.80. The van der Waals surface area contributed by atoms with E-state index >= 15 is 0 Å². The molecule has 1 aromatic rings. The normalized spacial score (nSPS) is 14.2. The van der Waals surface area contributed by atoms with E-state index in [1.807, 2.05) is 10.6 Å². The van der Waals surface area contributed by atoms with Gasteiger partial charge in [-0.3, -0.25) is 20.2 Å². The number of nitrogens with one attached hydrogen (secondary N) is 2. The molecule has 1 aliphatic heterocycles. The minimum Gasteiger partial charge on any atom is -0.546 e. The molecular formula is C13H8ClN2O6-. The maximum atomic E-state index is 11.6. The SMILES string of the molecule is O=C([O-])COc1ccc(Cl)cc1C=C1C(=O)NC(=O)NC1=O. The van der Waals surface area contributed by atoms with E-state index in [-0.39, 0.29) is 21.9 Å². The summed E-state index contributed by atoms with van der Waals surface area (Å²) < 4.78 is 4.99. The summed E-state index contributed by atoms with van der Waals surface area (Å²) in [5.74, 6) is -3.13. The fourth-order valence-electron chi connectivity index (χ4n) is 1.66. The van der Waals surface area contributed by atoms with Crippen molar-refractivity contribution in [2.24, 2.45) is 0 Å². The highest BCUT2D eigenvalue weighted by atomic mass is 35.5. The van der Waals surface area contributed by atoms with E-state index in [2.05, 4.69) is 0 Å². The molecule has 4 amide bonds. The maximum absolute atomic E-state index is 11.6. The van der Waals surface area contributed by atoms with Crippen LogP contribution in [0.25, 0.3) is 6.08 Å². The molecule has 8 nitrogen and oxygen atoms in total. The Hall–Kier alpha value is -2.87. The summed E-state index contributed by atoms with van der Waals surface area (Å²) >= 11 is 5.82. The Kier molecular flexibility index (Phi) is 4.42. The number of rotatable bonds is 4. The van der Waals surface area contributed by atoms with Crippen LogP contribution >= 0.6 is 11.6 Å². The Morgan fingerprint density at radius 1 is 1.23 bits per heavy atom. The van der Waals surface area contributed by atoms with Crippen LogP contribution < -0.4 is 20.5 Å². The smallest absolute Gasteiger partial charge is 0.328 e. The first-order chi connectivity index (χ1) is 10.4. The molecular weight excluding hydrogens is 316 g/mol. The molecule has 0 radical (unpaired) electrons. The lowest BCUT2D eigenvalue weighted by Crippen LogP contribution is -2.51. The largest absolute Gasteiger partial charge is 0.546 e. The Labute approximate surface area is 128 Å². The number of ether oxygens (including phenoxy) is 1. The minimum absolute atomic E-state index is 0.0820. The molecule has 1 aromatic carbocycles. The number of carbonyl (C=O) groups is 4. The van der Waals surface area contributed by atoms with Gasteiger partial charge in [-0.1, -0.05) is 11.6 Å². The average molecular weight is 324 g/mol. The number of carbonyl (C=O) groups excluding carboxylic acids is 4. The van der Waals surface area contributed by atoms with Crippen LogP contribution in [-0.2, 0) is 14.4 Å². The fourth-order valence-corrected chi connectivity index (χ4v) is 1.84. The van der Waals surface area contributed by atoms with Crippen LogP contribution in [0.4, 0.5) is 4.79 Å². The number of aliphatic carboxylic acids is 1. The molecule has 2 N–H and O–H groups in total. The van der Waals surface area contributed by atoms with Crippen LogP contribution in [-0.4, -0.2) is 30.4 Å². The van der Waals surface area contributed by atoms with Gasteiger partial charge in [0.05, 0.1) is 5.97 Å². The summed E-state index contributed by atoms with van der Waals surface area (Å²) in [6.07, 6.45) is 1.13. The van der Waals surface area contributed by atoms with E-state index < -0.39 is 30.4 Å². The highest BCUT2D eigenvalue weighted by molar-refractivity contribution is 6.32. The molecule has 1 saturated heterocycles. The minimum atomic E-state index is -1.44. The summed E-state index contributed by atoms with van der Waals surface area (Å²) in [6.45, 7) is -0.714. The second-order valence-corrected chi connectivity index (χ2v) is 4.57. The summed E-state index contributed by atoms with van der Waals surface area (Å²) in [7, 11) is 0. The van der Waals surface area contributed by atoms with Crippen LogP contribution in [0.1, 0.15) is 5.56 Å². The van der Waals surface area contributed by atoms with E-state index in [0.29, 0.717) is 0 Å². The molecule has 0 spiro atoms. The maximum Gasteiger partial charge on any atom is 0.328 e. The fraction of sp³-hybridized carbons (Fsp3) is 0.0769. The highest BCUT2D eigenvalue weighted by Gasteiger charge is 2.28. The first-order valence-corrected chi connectivity index (χ1v) is 6.25. The molecule has 0 aliphatic carbocycles. The standard InChI is InChI=1S/C13H9ClN2O6/c14-7-1-2-9(22-5-10(17)18)6(3-7)4-8-11(19)15-13(21)16-12(8)20/h1-4H,5H2,(H,17,18)(H2,15,16,19,20,21)/p-1. The topological polar surface area (TPSA) is 125 Å². The van der Waals surface area contributed by atoms with Crippen molar-refractivity contribution in [1.29, 1.82) is 0 Å². The molecule has 9 heteroatoms. The summed E-state index contributed by atoms with van der Waals surface area (Å²) in [6, 6.07) is 3.27. The van der Waals surface area contributed by atoms with Crippen LogP contribution in [0.15, 0.2) is 23.8 Å². The average Bonchev–Trinajstić information content (AvgIpc) is 2.41. The van der Waals surface area contributed by atoms with E-state index in [1.165, 1.54) is 18.2 Å². The quantitative estimate of drug-likeness (QED) is 0.553. The van der Waals surface area contributed by atoms with Crippen molar-refractivity contribution in [2.45, 2.75) is 0 Å². The molecule has 22 heavy (non-hydrogen) atoms. The summed E-state index contributed by atoms with van der Waals surface area (Å²) in [4.78, 5) is 44.7. The molecule has 0 aromatic heterocycles. The predicted octanol–water partition coefficient (Wildman–Crippen LogP) is -0.782. The van der Waals surface area contributed by atoms with E-state index in [4.69, 9.17) is 16.3 Å². The number of hydrogen-bond donors (Lipinski definition) is 2. The Balaban J connectivity index is 2.38. The summed E-state index contributed by atoms with van der Waals surface area (Å²) in [5.41, 5.74) is -0.149. The number of halogens is 1. The Bertz CT molecular complexity index is 690. The predicted molar refractivity (Wildman–Crippen MR) is 71.6 cm³/mol. The van der Waals surface area contributed by atoms with E-state index in [1.54, 1.807) is 0 Å². The van der Waals surface area contributed by atoms with Crippen molar-refractivity contribution in [1.82, 2.24) is 10.6 Å². The Morgan fingerprint density at radius 2 is 1.86 bits per heavy atom. The number of carboxylic acids is 1. The Morgan fingerprint density at radius 3 is 2.45 bits per heavy atom. The highest BCUT2D eigenvalue weighted by Crippen LogP contribution is 2.25. The van der Waals surface area contributed by atoms with Crippen molar-refractivity contribution in [2.75, 3.05) is 6.61 Å². The molecule has 1 fully saturated rings. The van der Waals surface area contributed by atoms with Gasteiger partial charge in [0.2, 0.25) is 0 Å². The van der Waals surface area contributed by atoms with Crippen molar-refractivity contribution >= 4 is 41.5 Å². The summed E-state index contributed by atoms with van der Waals surface area (Å²) in [5, 5.41) is 14.5. The van der Waals surface area contributed by atoms with Gasteiger partial charge in [0.15, 0.2) is 0 Å². The van der Waals surface area contributed by atoms with E-state index in [9.17, 15) is 24.3 Å². The molecule has 114 valence electrons. The number of urea groups is 1. The van der Waals surface area contributed by atoms with Gasteiger partial charge in [0.25, 0.3) is 11.8 Å². The van der Waals surface area contributed by atoms with Gasteiger partial charge >= 0.3 is 6.03 Å². The van der Waals surface area contributed by atoms with Gasteiger partial charge in [-0.2, -0.15) is 0 Å². The number of carboxylic acid groups (broad SMARTS) is 1. The van der Waals surface area contributed by atoms with Gasteiger partial charge in [-0.05, 0) is 24.3 Å². The molecule has 1 heterocycles. The first kappa shape index (κ1) is 15.5. The van der Waals surface area contributed by atoms with Crippen molar-refractivity contribution in [3.05, 3.63) is 34.4 Å². The van der Waals surface area contributed by atoms with E-state index in [0.717, 1.165) is 6.08 Å². The number of imide groups is 2. The number of hydrogen-bond acceptors (Lipinski definition) is 6. The van der Waals surface area contributed by atoms with Crippen LogP contribution in [0.2, 0.25) is 5.02 Å². The second-order valence-electron chi connectivity index (χ2n) is 4.14. The second kappa shape index (κ2) is 6.27. The third-order valence-electron chi connectivity index (χ3n) is 2.56. The zero-order valence-electron chi connectivity index (χ0n) is 10.8. The van der Waals surface area contributed by atoms with Crippen molar-refractivity contribution < 1.29 is 29.0 Å². The molecule has 2 rings (SSSR count). The zero-order valence-corrected chi connectivity index (χ0v) is 11.6. The number of amides is 4. The lowest BCUT2D eigenvalue weighted by atomic mass is 10.1. The van der Waals surface area contributed by atoms with Crippen LogP contribution in [0.3, 0.4) is 0 Å². The van der Waals surface area contributed by atoms with Gasteiger partial charge in [-0.15, -0.1) is 0 Å². The van der Waals surface area contributed by atoms with Gasteiger partial charge in [0.1, 0.15) is 17.9 Å². The van der Waals surface area contributed by atoms with Crippen LogP contribution in [0.5, 0.6) is 5.75 Å². The van der Waals surface area contributed by atoms with Crippen LogP contribution in [0, 0.1) is 0 Å². The van der Waals surface area contributed by atoms with Crippen molar-refractivity contribution in [3.8, 4) is 5.75 Å². The number of benzene rings is 1. The number of barbiturate groups is 1. The zero-order chi connectivity index (χ0) is 16.3. The molecule has 0 unspecified atom stereocenters. The molecule has 0 atom stereocenters. The van der Waals surface area contributed by atoms with Gasteiger partial charge in [0, 0.05) is 10.6 Å². The molecule has 0 saturated carbocycles. The molecule has 0 bridgehead atoms. The lowest BCUT2D eigenvalue weighted by molar-refractivity contribution is -0.307.